The summed E-state index contributed by atoms with van der Waals surface area (Å²) in [6.45, 7) is 10.8. The van der Waals surface area contributed by atoms with Crippen LogP contribution in [-0.4, -0.2) is 70.4 Å². The van der Waals surface area contributed by atoms with Gasteiger partial charge in [0, 0.05) is 26.2 Å². The summed E-state index contributed by atoms with van der Waals surface area (Å²) in [5.74, 6) is 0.729. The summed E-state index contributed by atoms with van der Waals surface area (Å²) in [6.07, 6.45) is 3.88. The number of rotatable bonds is 10. The minimum absolute atomic E-state index is 0.404. The second-order valence-corrected chi connectivity index (χ2v) is 7.97. The Kier molecular flexibility index (Phi) is 7.32. The van der Waals surface area contributed by atoms with Crippen LogP contribution in [-0.2, 0) is 11.3 Å². The lowest BCUT2D eigenvalue weighted by molar-refractivity contribution is 0.0398. The number of aromatic nitrogens is 4. The maximum Gasteiger partial charge on any atom is 0.320 e. The van der Waals surface area contributed by atoms with Gasteiger partial charge in [0.05, 0.1) is 32.7 Å². The molecular weight excluding hydrogens is 392 g/mol. The van der Waals surface area contributed by atoms with E-state index in [4.69, 9.17) is 9.47 Å². The summed E-state index contributed by atoms with van der Waals surface area (Å²) in [6, 6.07) is 8.90. The Morgan fingerprint density at radius 3 is 2.87 bits per heavy atom. The van der Waals surface area contributed by atoms with Crippen molar-refractivity contribution in [2.24, 2.45) is 0 Å². The first-order chi connectivity index (χ1) is 15.2. The van der Waals surface area contributed by atoms with Crippen LogP contribution in [0.4, 0.5) is 5.82 Å². The van der Waals surface area contributed by atoms with Gasteiger partial charge in [-0.1, -0.05) is 43.2 Å². The Labute approximate surface area is 183 Å². The molecule has 1 saturated heterocycles. The number of unbranched alkanes of at least 4 members (excludes halogenated alkanes) is 1. The largest absolute Gasteiger partial charge is 0.463 e. The molecule has 2 aromatic heterocycles. The molecule has 31 heavy (non-hydrogen) atoms. The number of nitrogens with one attached hydrogen (secondary N) is 1. The smallest absolute Gasteiger partial charge is 0.320 e. The van der Waals surface area contributed by atoms with Crippen LogP contribution < -0.4 is 10.1 Å². The van der Waals surface area contributed by atoms with Gasteiger partial charge in [-0.15, -0.1) is 0 Å². The van der Waals surface area contributed by atoms with Gasteiger partial charge in [-0.2, -0.15) is 9.97 Å². The number of benzene rings is 1. The first kappa shape index (κ1) is 21.5. The van der Waals surface area contributed by atoms with Crippen molar-refractivity contribution >= 4 is 17.0 Å². The molecule has 0 unspecified atom stereocenters. The highest BCUT2D eigenvalue weighted by Crippen LogP contribution is 2.23. The van der Waals surface area contributed by atoms with E-state index in [0.29, 0.717) is 19.2 Å². The maximum atomic E-state index is 5.85. The zero-order valence-electron chi connectivity index (χ0n) is 18.5. The molecule has 0 radical (unpaired) electrons. The van der Waals surface area contributed by atoms with Crippen LogP contribution in [0.15, 0.2) is 30.6 Å². The Bertz CT molecular complexity index is 983. The lowest BCUT2D eigenvalue weighted by Gasteiger charge is -2.26. The normalized spacial score (nSPS) is 14.8. The summed E-state index contributed by atoms with van der Waals surface area (Å²) >= 11 is 0. The van der Waals surface area contributed by atoms with Crippen molar-refractivity contribution in [3.63, 3.8) is 0 Å². The molecule has 0 bridgehead atoms. The molecule has 8 heteroatoms. The molecule has 8 nitrogen and oxygen atoms in total. The first-order valence-corrected chi connectivity index (χ1v) is 11.2. The third kappa shape index (κ3) is 5.71. The highest BCUT2D eigenvalue weighted by molar-refractivity contribution is 5.83. The number of ether oxygens (including phenoxy) is 2. The van der Waals surface area contributed by atoms with Gasteiger partial charge in [0.1, 0.15) is 0 Å². The third-order valence-corrected chi connectivity index (χ3v) is 5.43. The molecule has 1 aliphatic heterocycles. The van der Waals surface area contributed by atoms with Crippen molar-refractivity contribution in [3.8, 4) is 6.01 Å². The molecule has 1 aliphatic rings. The predicted molar refractivity (Wildman–Crippen MR) is 122 cm³/mol. The number of nitrogens with zero attached hydrogens (tertiary/aromatic N) is 5. The van der Waals surface area contributed by atoms with Gasteiger partial charge in [-0.3, -0.25) is 4.90 Å². The molecule has 0 amide bonds. The minimum Gasteiger partial charge on any atom is -0.463 e. The van der Waals surface area contributed by atoms with Crippen LogP contribution in [0.2, 0.25) is 0 Å². The van der Waals surface area contributed by atoms with Gasteiger partial charge in [-0.05, 0) is 18.9 Å². The van der Waals surface area contributed by atoms with Crippen molar-refractivity contribution in [2.45, 2.75) is 33.2 Å². The average Bonchev–Trinajstić information content (AvgIpc) is 3.17. The van der Waals surface area contributed by atoms with Crippen molar-refractivity contribution in [3.05, 3.63) is 41.7 Å². The lowest BCUT2D eigenvalue weighted by Crippen LogP contribution is -2.39. The van der Waals surface area contributed by atoms with Crippen LogP contribution in [0, 0.1) is 6.92 Å². The zero-order chi connectivity index (χ0) is 21.5. The summed E-state index contributed by atoms with van der Waals surface area (Å²) in [5.41, 5.74) is 4.02. The minimum atomic E-state index is 0.404. The van der Waals surface area contributed by atoms with E-state index in [0.717, 1.165) is 69.2 Å². The van der Waals surface area contributed by atoms with Crippen LogP contribution >= 0.6 is 0 Å². The number of hydrogen-bond acceptors (Lipinski definition) is 7. The number of aryl methyl sites for hydroxylation is 1. The quantitative estimate of drug-likeness (QED) is 0.501. The van der Waals surface area contributed by atoms with E-state index < -0.39 is 0 Å². The molecule has 0 saturated carbocycles. The molecule has 3 aromatic rings. The van der Waals surface area contributed by atoms with E-state index in [1.54, 1.807) is 0 Å². The second-order valence-electron chi connectivity index (χ2n) is 7.97. The van der Waals surface area contributed by atoms with Gasteiger partial charge in [-0.25, -0.2) is 4.98 Å². The molecule has 166 valence electrons. The standard InChI is InChI=1S/C23H32N6O2/c1-3-4-12-31-23-26-21(24-8-9-28-10-13-30-14-11-28)20-22(27-23)29(17-25-20)16-19-7-5-6-18(2)15-19/h5-7,15,17H,3-4,8-14,16H2,1-2H3,(H,24,26,27). The second kappa shape index (κ2) is 10.5. The van der Waals surface area contributed by atoms with Gasteiger partial charge >= 0.3 is 6.01 Å². The molecular formula is C23H32N6O2. The molecule has 1 N–H and O–H groups in total. The number of morpholine rings is 1. The number of anilines is 1. The van der Waals surface area contributed by atoms with E-state index in [2.05, 4.69) is 67.8 Å². The van der Waals surface area contributed by atoms with Gasteiger partial charge in [0.2, 0.25) is 0 Å². The molecule has 0 spiro atoms. The molecule has 3 heterocycles. The third-order valence-electron chi connectivity index (χ3n) is 5.43. The highest BCUT2D eigenvalue weighted by atomic mass is 16.5. The molecule has 0 atom stereocenters. The summed E-state index contributed by atoms with van der Waals surface area (Å²) in [5, 5.41) is 3.46. The van der Waals surface area contributed by atoms with Crippen LogP contribution in [0.5, 0.6) is 6.01 Å². The highest BCUT2D eigenvalue weighted by Gasteiger charge is 2.16. The zero-order valence-corrected chi connectivity index (χ0v) is 18.5. The molecule has 1 aromatic carbocycles. The Morgan fingerprint density at radius 2 is 2.06 bits per heavy atom. The van der Waals surface area contributed by atoms with Crippen LogP contribution in [0.25, 0.3) is 11.2 Å². The maximum absolute atomic E-state index is 5.85. The summed E-state index contributed by atoms with van der Waals surface area (Å²) in [4.78, 5) is 16.3. The van der Waals surface area contributed by atoms with Crippen LogP contribution in [0.1, 0.15) is 30.9 Å². The fourth-order valence-electron chi connectivity index (χ4n) is 3.70. The van der Waals surface area contributed by atoms with Crippen molar-refractivity contribution < 1.29 is 9.47 Å². The van der Waals surface area contributed by atoms with Crippen LogP contribution in [0.3, 0.4) is 0 Å². The van der Waals surface area contributed by atoms with E-state index >= 15 is 0 Å². The predicted octanol–water partition coefficient (Wildman–Crippen LogP) is 3.11. The van der Waals surface area contributed by atoms with Gasteiger partial charge in [0.25, 0.3) is 0 Å². The average molecular weight is 425 g/mol. The molecule has 0 aliphatic carbocycles. The number of fused-ring (bicyclic) bond motifs is 1. The summed E-state index contributed by atoms with van der Waals surface area (Å²) in [7, 11) is 0. The Morgan fingerprint density at radius 1 is 1.19 bits per heavy atom. The number of hydrogen-bond donors (Lipinski definition) is 1. The fourth-order valence-corrected chi connectivity index (χ4v) is 3.70. The van der Waals surface area contributed by atoms with E-state index in [-0.39, 0.29) is 0 Å². The fraction of sp³-hybridized carbons (Fsp3) is 0.522. The molecule has 4 rings (SSSR count). The Balaban J connectivity index is 1.54. The number of imidazole rings is 1. The van der Waals surface area contributed by atoms with E-state index in [1.807, 2.05) is 6.33 Å². The van der Waals surface area contributed by atoms with Gasteiger partial charge in [0.15, 0.2) is 17.0 Å². The summed E-state index contributed by atoms with van der Waals surface area (Å²) < 4.78 is 13.3. The van der Waals surface area contributed by atoms with Crippen molar-refractivity contribution in [1.82, 2.24) is 24.4 Å². The van der Waals surface area contributed by atoms with E-state index in [1.165, 1.54) is 11.1 Å². The monoisotopic (exact) mass is 424 g/mol. The van der Waals surface area contributed by atoms with Gasteiger partial charge < -0.3 is 19.4 Å². The van der Waals surface area contributed by atoms with Crippen molar-refractivity contribution in [1.29, 1.82) is 0 Å². The SMILES string of the molecule is CCCCOc1nc(NCCN2CCOCC2)c2ncn(Cc3cccc(C)c3)c2n1. The molecule has 1 fully saturated rings. The lowest BCUT2D eigenvalue weighted by atomic mass is 10.1. The Hall–Kier alpha value is -2.71. The van der Waals surface area contributed by atoms with Crippen molar-refractivity contribution in [2.75, 3.05) is 51.3 Å². The first-order valence-electron chi connectivity index (χ1n) is 11.2. The topological polar surface area (TPSA) is 77.3 Å². The van der Waals surface area contributed by atoms with E-state index in [9.17, 15) is 0 Å².